The van der Waals surface area contributed by atoms with Gasteiger partial charge in [0.15, 0.2) is 0 Å². The van der Waals surface area contributed by atoms with E-state index in [9.17, 15) is 8.60 Å². The molecule has 15 heavy (non-hydrogen) atoms. The number of rotatable bonds is 2. The monoisotopic (exact) mass is 226 g/mol. The van der Waals surface area contributed by atoms with Crippen LogP contribution < -0.4 is 0 Å². The van der Waals surface area contributed by atoms with Crippen molar-refractivity contribution in [2.75, 3.05) is 0 Å². The second-order valence-electron chi connectivity index (χ2n) is 3.95. The zero-order valence-corrected chi connectivity index (χ0v) is 9.38. The minimum absolute atomic E-state index is 0.291. The third kappa shape index (κ3) is 2.46. The second kappa shape index (κ2) is 4.88. The van der Waals surface area contributed by atoms with Crippen molar-refractivity contribution in [3.63, 3.8) is 0 Å². The van der Waals surface area contributed by atoms with Gasteiger partial charge in [0.05, 0.1) is 16.0 Å². The normalized spacial score (nSPS) is 28.6. The van der Waals surface area contributed by atoms with Crippen LogP contribution in [0.4, 0.5) is 4.39 Å². The van der Waals surface area contributed by atoms with Crippen molar-refractivity contribution in [3.05, 3.63) is 30.3 Å². The zero-order chi connectivity index (χ0) is 10.7. The molecule has 1 aromatic rings. The van der Waals surface area contributed by atoms with Crippen molar-refractivity contribution < 1.29 is 8.60 Å². The highest BCUT2D eigenvalue weighted by Crippen LogP contribution is 2.28. The first-order chi connectivity index (χ1) is 7.29. The first kappa shape index (κ1) is 10.8. The van der Waals surface area contributed by atoms with Crippen LogP contribution in [0.15, 0.2) is 35.2 Å². The Bertz CT molecular complexity index is 339. The number of alkyl halides is 1. The van der Waals surface area contributed by atoms with Crippen molar-refractivity contribution in [1.82, 2.24) is 0 Å². The lowest BCUT2D eigenvalue weighted by Crippen LogP contribution is -2.30. The van der Waals surface area contributed by atoms with E-state index in [0.29, 0.717) is 6.42 Å². The zero-order valence-electron chi connectivity index (χ0n) is 8.56. The second-order valence-corrected chi connectivity index (χ2v) is 5.62. The van der Waals surface area contributed by atoms with Gasteiger partial charge in [0.2, 0.25) is 0 Å². The van der Waals surface area contributed by atoms with Crippen LogP contribution in [0.3, 0.4) is 0 Å². The van der Waals surface area contributed by atoms with E-state index in [1.54, 1.807) is 0 Å². The molecule has 0 spiro atoms. The summed E-state index contributed by atoms with van der Waals surface area (Å²) < 4.78 is 25.7. The molecule has 1 nitrogen and oxygen atoms in total. The third-order valence-electron chi connectivity index (χ3n) is 2.87. The summed E-state index contributed by atoms with van der Waals surface area (Å²) in [6, 6.07) is 9.22. The molecule has 0 radical (unpaired) electrons. The maximum Gasteiger partial charge on any atom is 0.115 e. The molecule has 1 fully saturated rings. The van der Waals surface area contributed by atoms with E-state index >= 15 is 0 Å². The van der Waals surface area contributed by atoms with Gasteiger partial charge < -0.3 is 0 Å². The van der Waals surface area contributed by atoms with Crippen LogP contribution in [0.1, 0.15) is 25.7 Å². The molecule has 1 aliphatic carbocycles. The molecule has 0 amide bonds. The highest BCUT2D eigenvalue weighted by Gasteiger charge is 2.30. The summed E-state index contributed by atoms with van der Waals surface area (Å²) in [5.41, 5.74) is 0. The Labute approximate surface area is 92.2 Å². The number of halogens is 1. The average Bonchev–Trinajstić information content (AvgIpc) is 2.30. The summed E-state index contributed by atoms with van der Waals surface area (Å²) in [6.45, 7) is 0. The van der Waals surface area contributed by atoms with E-state index in [4.69, 9.17) is 0 Å². The van der Waals surface area contributed by atoms with Gasteiger partial charge >= 0.3 is 0 Å². The van der Waals surface area contributed by atoms with Crippen LogP contribution in [0.2, 0.25) is 0 Å². The molecule has 0 saturated heterocycles. The van der Waals surface area contributed by atoms with Crippen molar-refractivity contribution in [2.24, 2.45) is 0 Å². The summed E-state index contributed by atoms with van der Waals surface area (Å²) >= 11 is 0. The summed E-state index contributed by atoms with van der Waals surface area (Å²) in [6.07, 6.45) is 2.37. The predicted molar refractivity (Wildman–Crippen MR) is 60.0 cm³/mol. The molecule has 0 aliphatic heterocycles. The quantitative estimate of drug-likeness (QED) is 0.757. The first-order valence-electron chi connectivity index (χ1n) is 5.39. The minimum Gasteiger partial charge on any atom is -0.254 e. The van der Waals surface area contributed by atoms with Crippen LogP contribution in [0, 0.1) is 0 Å². The van der Waals surface area contributed by atoms with Gasteiger partial charge in [0.1, 0.15) is 6.17 Å². The van der Waals surface area contributed by atoms with Gasteiger partial charge in [0.25, 0.3) is 0 Å². The van der Waals surface area contributed by atoms with E-state index in [1.807, 2.05) is 30.3 Å². The van der Waals surface area contributed by atoms with Crippen LogP contribution >= 0.6 is 0 Å². The van der Waals surface area contributed by atoms with E-state index in [1.165, 1.54) is 0 Å². The molecule has 0 bridgehead atoms. The van der Waals surface area contributed by atoms with E-state index in [2.05, 4.69) is 0 Å². The Kier molecular flexibility index (Phi) is 3.52. The Morgan fingerprint density at radius 3 is 2.47 bits per heavy atom. The van der Waals surface area contributed by atoms with Crippen molar-refractivity contribution >= 4 is 10.8 Å². The van der Waals surface area contributed by atoms with Crippen LogP contribution in [-0.2, 0) is 10.8 Å². The average molecular weight is 226 g/mol. The number of hydrogen-bond acceptors (Lipinski definition) is 1. The summed E-state index contributed by atoms with van der Waals surface area (Å²) in [5, 5.41) is -0.291. The highest BCUT2D eigenvalue weighted by molar-refractivity contribution is 7.85. The molecule has 3 heteroatoms. The summed E-state index contributed by atoms with van der Waals surface area (Å²) in [7, 11) is -1.17. The SMILES string of the molecule is O=S(c1ccccc1)C1CCCCC1F. The first-order valence-corrected chi connectivity index (χ1v) is 6.60. The van der Waals surface area contributed by atoms with Gasteiger partial charge in [-0.15, -0.1) is 0 Å². The number of benzene rings is 1. The van der Waals surface area contributed by atoms with Gasteiger partial charge in [-0.05, 0) is 25.0 Å². The van der Waals surface area contributed by atoms with Crippen LogP contribution in [0.5, 0.6) is 0 Å². The highest BCUT2D eigenvalue weighted by atomic mass is 32.2. The van der Waals surface area contributed by atoms with Crippen LogP contribution in [0.25, 0.3) is 0 Å². The van der Waals surface area contributed by atoms with E-state index in [0.717, 1.165) is 24.2 Å². The maximum atomic E-state index is 13.6. The van der Waals surface area contributed by atoms with Gasteiger partial charge in [-0.3, -0.25) is 4.21 Å². The van der Waals surface area contributed by atoms with Crippen molar-refractivity contribution in [3.8, 4) is 0 Å². The topological polar surface area (TPSA) is 17.1 Å². The number of hydrogen-bond donors (Lipinski definition) is 0. The fourth-order valence-corrected chi connectivity index (χ4v) is 3.58. The maximum absolute atomic E-state index is 13.6. The molecule has 1 aromatic carbocycles. The lowest BCUT2D eigenvalue weighted by Gasteiger charge is -2.24. The molecule has 0 N–H and O–H groups in total. The molecular weight excluding hydrogens is 211 g/mol. The Hall–Kier alpha value is -0.700. The standard InChI is InChI=1S/C12H15FOS/c13-11-8-4-5-9-12(11)15(14)10-6-2-1-3-7-10/h1-3,6-7,11-12H,4-5,8-9H2. The molecular formula is C12H15FOS. The molecule has 0 aromatic heterocycles. The van der Waals surface area contributed by atoms with Gasteiger partial charge in [0, 0.05) is 4.90 Å². The van der Waals surface area contributed by atoms with Crippen LogP contribution in [-0.4, -0.2) is 15.6 Å². The lowest BCUT2D eigenvalue weighted by atomic mass is 9.98. The van der Waals surface area contributed by atoms with Crippen molar-refractivity contribution in [1.29, 1.82) is 0 Å². The Morgan fingerprint density at radius 2 is 1.80 bits per heavy atom. The van der Waals surface area contributed by atoms with Gasteiger partial charge in [-0.2, -0.15) is 0 Å². The third-order valence-corrected chi connectivity index (χ3v) is 4.69. The predicted octanol–water partition coefficient (Wildman–Crippen LogP) is 3.07. The minimum atomic E-state index is -1.17. The Balaban J connectivity index is 2.13. The van der Waals surface area contributed by atoms with Gasteiger partial charge in [-0.25, -0.2) is 4.39 Å². The van der Waals surface area contributed by atoms with Gasteiger partial charge in [-0.1, -0.05) is 31.0 Å². The molecule has 1 saturated carbocycles. The van der Waals surface area contributed by atoms with E-state index in [-0.39, 0.29) is 5.25 Å². The molecule has 1 aliphatic rings. The summed E-state index contributed by atoms with van der Waals surface area (Å²) in [5.74, 6) is 0. The molecule has 2 rings (SSSR count). The molecule has 3 atom stereocenters. The smallest absolute Gasteiger partial charge is 0.115 e. The lowest BCUT2D eigenvalue weighted by molar-refractivity contribution is 0.257. The summed E-state index contributed by atoms with van der Waals surface area (Å²) in [4.78, 5) is 0.757. The fourth-order valence-electron chi connectivity index (χ4n) is 2.02. The Morgan fingerprint density at radius 1 is 1.13 bits per heavy atom. The molecule has 0 heterocycles. The molecule has 82 valence electrons. The fraction of sp³-hybridized carbons (Fsp3) is 0.500. The molecule has 3 unspecified atom stereocenters. The van der Waals surface area contributed by atoms with E-state index < -0.39 is 17.0 Å². The largest absolute Gasteiger partial charge is 0.254 e. The van der Waals surface area contributed by atoms with Crippen molar-refractivity contribution in [2.45, 2.75) is 42.0 Å².